The number of carbonyl (C=O) groups is 1. The topological polar surface area (TPSA) is 227 Å². The molecule has 4 aliphatic rings. The Kier molecular flexibility index (Phi) is 19.3. The normalized spacial score (nSPS) is 19.8. The van der Waals surface area contributed by atoms with E-state index in [0.717, 1.165) is 24.5 Å². The average molecular weight is 1140 g/mol. The van der Waals surface area contributed by atoms with Gasteiger partial charge in [-0.2, -0.15) is 0 Å². The molecule has 0 spiro atoms. The number of ether oxygens (including phenoxy) is 3. The SMILES string of the molecule is CC(C)c1ccc(S(=O)(=O)c2ccc(N3CCN(C(=O)OC(C)(C)C)CC3)cc2)cc1S(=O)(=O)NC1CCOCC1.CC(C)c1ccc(S(=O)(=O)c2ccc(N3C[C@@H](C)N[C@@H](C)C3)cc2)cc1S(=O)(=O)NC1CCOCC1. The highest BCUT2D eigenvalue weighted by atomic mass is 32.2. The highest BCUT2D eigenvalue weighted by molar-refractivity contribution is 7.92. The second-order valence-electron chi connectivity index (χ2n) is 22.0. The molecule has 4 aromatic rings. The van der Waals surface area contributed by atoms with Gasteiger partial charge in [-0.3, -0.25) is 0 Å². The van der Waals surface area contributed by atoms with E-state index in [2.05, 4.69) is 38.4 Å². The van der Waals surface area contributed by atoms with Gasteiger partial charge in [0.15, 0.2) is 0 Å². The first kappa shape index (κ1) is 60.0. The van der Waals surface area contributed by atoms with Gasteiger partial charge < -0.3 is 34.2 Å². The lowest BCUT2D eigenvalue weighted by Crippen LogP contribution is -2.54. The minimum atomic E-state index is -3.98. The lowest BCUT2D eigenvalue weighted by atomic mass is 10.0. The summed E-state index contributed by atoms with van der Waals surface area (Å²) in [6.07, 6.45) is 1.97. The van der Waals surface area contributed by atoms with Gasteiger partial charge in [0.2, 0.25) is 39.7 Å². The molecule has 4 aliphatic heterocycles. The number of sulfonamides is 2. The van der Waals surface area contributed by atoms with Crippen LogP contribution in [0.2, 0.25) is 0 Å². The van der Waals surface area contributed by atoms with Gasteiger partial charge in [0.25, 0.3) is 0 Å². The number of amides is 1. The minimum Gasteiger partial charge on any atom is -0.444 e. The van der Waals surface area contributed by atoms with Crippen LogP contribution in [-0.2, 0) is 53.9 Å². The molecule has 0 unspecified atom stereocenters. The number of nitrogens with one attached hydrogen (secondary N) is 3. The maximum absolute atomic E-state index is 13.6. The quantitative estimate of drug-likeness (QED) is 0.111. The van der Waals surface area contributed by atoms with Crippen molar-refractivity contribution in [2.24, 2.45) is 0 Å². The van der Waals surface area contributed by atoms with Crippen molar-refractivity contribution in [1.82, 2.24) is 19.7 Å². The third-order valence-electron chi connectivity index (χ3n) is 14.0. The van der Waals surface area contributed by atoms with Crippen LogP contribution in [0.4, 0.5) is 16.2 Å². The summed E-state index contributed by atoms with van der Waals surface area (Å²) in [6, 6.07) is 22.4. The summed E-state index contributed by atoms with van der Waals surface area (Å²) in [7, 11) is -15.8. The zero-order chi connectivity index (χ0) is 56.1. The fourth-order valence-electron chi connectivity index (χ4n) is 9.94. The second kappa shape index (κ2) is 24.8. The molecule has 0 aliphatic carbocycles. The first-order valence-electron chi connectivity index (χ1n) is 26.6. The molecular weight excluding hydrogens is 1060 g/mol. The molecule has 2 atom stereocenters. The third-order valence-corrected chi connectivity index (χ3v) is 20.7. The molecule has 0 saturated carbocycles. The van der Waals surface area contributed by atoms with Crippen molar-refractivity contribution in [2.45, 2.75) is 159 Å². The molecule has 1 amide bonds. The predicted molar refractivity (Wildman–Crippen MR) is 297 cm³/mol. The Labute approximate surface area is 457 Å². The lowest BCUT2D eigenvalue weighted by Gasteiger charge is -2.37. The summed E-state index contributed by atoms with van der Waals surface area (Å²) in [5.41, 5.74) is 2.40. The Hall–Kier alpha value is -4.65. The number of nitrogens with zero attached hydrogens (tertiary/aromatic N) is 3. The molecule has 0 aromatic heterocycles. The minimum absolute atomic E-state index is 0.0143. The van der Waals surface area contributed by atoms with Crippen LogP contribution in [0.15, 0.2) is 114 Å². The fraction of sp³-hybridized carbons (Fsp3) is 0.545. The summed E-state index contributed by atoms with van der Waals surface area (Å²) in [5, 5.41) is 3.49. The van der Waals surface area contributed by atoms with Crippen molar-refractivity contribution in [2.75, 3.05) is 75.5 Å². The van der Waals surface area contributed by atoms with E-state index in [9.17, 15) is 38.5 Å². The van der Waals surface area contributed by atoms with Crippen LogP contribution in [0.1, 0.15) is 111 Å². The van der Waals surface area contributed by atoms with Gasteiger partial charge in [-0.25, -0.2) is 47.9 Å². The molecule has 77 heavy (non-hydrogen) atoms. The predicted octanol–water partition coefficient (Wildman–Crippen LogP) is 7.44. The van der Waals surface area contributed by atoms with Crippen molar-refractivity contribution in [1.29, 1.82) is 0 Å². The summed E-state index contributed by atoms with van der Waals surface area (Å²) >= 11 is 0. The summed E-state index contributed by atoms with van der Waals surface area (Å²) in [5.74, 6) is -0.214. The number of piperazine rings is 2. The van der Waals surface area contributed by atoms with Crippen molar-refractivity contribution < 1.29 is 52.7 Å². The Morgan fingerprint density at radius 2 is 0.922 bits per heavy atom. The van der Waals surface area contributed by atoms with E-state index in [0.29, 0.717) is 102 Å². The van der Waals surface area contributed by atoms with Crippen LogP contribution in [0, 0.1) is 0 Å². The third kappa shape index (κ3) is 15.2. The van der Waals surface area contributed by atoms with Crippen LogP contribution in [-0.4, -0.2) is 140 Å². The van der Waals surface area contributed by atoms with Crippen molar-refractivity contribution >= 4 is 57.2 Å². The molecule has 22 heteroatoms. The average Bonchev–Trinajstić information content (AvgIpc) is 3.39. The highest BCUT2D eigenvalue weighted by Gasteiger charge is 2.32. The molecule has 0 radical (unpaired) electrons. The number of hydrogen-bond donors (Lipinski definition) is 3. The van der Waals surface area contributed by atoms with Gasteiger partial charge in [0.1, 0.15) is 5.60 Å². The Bertz CT molecular complexity index is 3120. The van der Waals surface area contributed by atoms with E-state index in [1.54, 1.807) is 41.3 Å². The van der Waals surface area contributed by atoms with Gasteiger partial charge in [-0.15, -0.1) is 0 Å². The largest absolute Gasteiger partial charge is 0.444 e. The zero-order valence-electron chi connectivity index (χ0n) is 45.8. The maximum Gasteiger partial charge on any atom is 0.410 e. The number of rotatable bonds is 14. The second-order valence-corrected chi connectivity index (χ2v) is 29.3. The molecule has 424 valence electrons. The monoisotopic (exact) mass is 1140 g/mol. The number of anilines is 2. The van der Waals surface area contributed by atoms with Crippen LogP contribution in [0.3, 0.4) is 0 Å². The van der Waals surface area contributed by atoms with Crippen molar-refractivity contribution in [3.05, 3.63) is 96.1 Å². The maximum atomic E-state index is 13.6. The van der Waals surface area contributed by atoms with Gasteiger partial charge in [0, 0.05) is 101 Å². The van der Waals surface area contributed by atoms with E-state index in [1.165, 1.54) is 36.4 Å². The molecule has 4 fully saturated rings. The van der Waals surface area contributed by atoms with Gasteiger partial charge in [0.05, 0.1) is 29.4 Å². The molecule has 0 bridgehead atoms. The van der Waals surface area contributed by atoms with Crippen molar-refractivity contribution in [3.8, 4) is 0 Å². The standard InChI is InChI=1S/C29H41N3O7S2.C26H37N3O5S2/c1-21(2)26-11-10-25(20-27(26)41(36,37)30-22-12-18-38-19-13-22)40(34,35)24-8-6-23(7-9-24)31-14-16-32(17-15-31)28(33)39-29(3,4)5;1-18(2)25-10-9-24(15-26(25)36(32,33)28-21-11-13-34-14-12-21)35(30,31)23-7-5-22(6-8-23)29-16-19(3)27-20(4)17-29/h6-11,20-22,30H,12-19H2,1-5H3;5-10,15,18-21,27-28H,11-14,16-17H2,1-4H3/t;19-,20+. The van der Waals surface area contributed by atoms with Crippen molar-refractivity contribution in [3.63, 3.8) is 0 Å². The Balaban J connectivity index is 0.000000225. The summed E-state index contributed by atoms with van der Waals surface area (Å²) in [6.45, 7) is 23.1. The number of sulfone groups is 2. The fourth-order valence-corrected chi connectivity index (χ4v) is 16.1. The molecule has 18 nitrogen and oxygen atoms in total. The Morgan fingerprint density at radius 1 is 0.558 bits per heavy atom. The van der Waals surface area contributed by atoms with E-state index in [4.69, 9.17) is 14.2 Å². The Morgan fingerprint density at radius 3 is 1.29 bits per heavy atom. The lowest BCUT2D eigenvalue weighted by molar-refractivity contribution is 0.0240. The molecule has 4 aromatic carbocycles. The summed E-state index contributed by atoms with van der Waals surface area (Å²) < 4.78 is 129. The van der Waals surface area contributed by atoms with E-state index < -0.39 is 45.3 Å². The van der Waals surface area contributed by atoms with E-state index in [-0.39, 0.29) is 59.4 Å². The van der Waals surface area contributed by atoms with E-state index >= 15 is 0 Å². The van der Waals surface area contributed by atoms with Crippen LogP contribution in [0.5, 0.6) is 0 Å². The number of benzene rings is 4. The molecule has 8 rings (SSSR count). The highest BCUT2D eigenvalue weighted by Crippen LogP contribution is 2.33. The van der Waals surface area contributed by atoms with Gasteiger partial charge in [-0.1, -0.05) is 39.8 Å². The first-order valence-corrected chi connectivity index (χ1v) is 32.5. The van der Waals surface area contributed by atoms with Gasteiger partial charge >= 0.3 is 6.09 Å². The molecule has 4 saturated heterocycles. The first-order chi connectivity index (χ1) is 36.1. The van der Waals surface area contributed by atoms with Gasteiger partial charge in [-0.05, 0) is 156 Å². The number of hydrogen-bond acceptors (Lipinski definition) is 15. The molecular formula is C55H78N6O12S4. The van der Waals surface area contributed by atoms with Crippen LogP contribution < -0.4 is 24.6 Å². The van der Waals surface area contributed by atoms with E-state index in [1.807, 2.05) is 60.6 Å². The zero-order valence-corrected chi connectivity index (χ0v) is 49.1. The number of carbonyl (C=O) groups excluding carboxylic acids is 1. The summed E-state index contributed by atoms with van der Waals surface area (Å²) in [4.78, 5) is 18.5. The van der Waals surface area contributed by atoms with Crippen LogP contribution in [0.25, 0.3) is 0 Å². The molecule has 3 N–H and O–H groups in total. The van der Waals surface area contributed by atoms with Crippen LogP contribution >= 0.6 is 0 Å². The molecule has 4 heterocycles. The smallest absolute Gasteiger partial charge is 0.410 e.